The molecule has 1 N–H and O–H groups in total. The highest BCUT2D eigenvalue weighted by Crippen LogP contribution is 2.31. The van der Waals surface area contributed by atoms with Gasteiger partial charge in [-0.25, -0.2) is 4.98 Å². The fraction of sp³-hybridized carbons (Fsp3) is 0.364. The van der Waals surface area contributed by atoms with Crippen LogP contribution in [0.25, 0.3) is 16.7 Å². The van der Waals surface area contributed by atoms with Gasteiger partial charge in [-0.15, -0.1) is 10.2 Å². The van der Waals surface area contributed by atoms with Crippen LogP contribution in [-0.2, 0) is 17.4 Å². The van der Waals surface area contributed by atoms with E-state index in [0.717, 1.165) is 42.0 Å². The zero-order valence-corrected chi connectivity index (χ0v) is 17.1. The maximum absolute atomic E-state index is 13.1. The molecule has 1 atom stereocenters. The molecule has 1 aromatic carbocycles. The molecule has 0 aliphatic carbocycles. The van der Waals surface area contributed by atoms with Crippen molar-refractivity contribution in [3.8, 4) is 0 Å². The number of aromatic amines is 1. The fourth-order valence-electron chi connectivity index (χ4n) is 4.28. The van der Waals surface area contributed by atoms with Crippen LogP contribution in [0.4, 0.5) is 13.2 Å². The van der Waals surface area contributed by atoms with Gasteiger partial charge in [0.15, 0.2) is 5.65 Å². The molecule has 166 valence electrons. The van der Waals surface area contributed by atoms with Crippen molar-refractivity contribution in [2.45, 2.75) is 37.8 Å². The van der Waals surface area contributed by atoms with E-state index in [2.05, 4.69) is 20.2 Å². The van der Waals surface area contributed by atoms with Crippen LogP contribution < -0.4 is 0 Å². The number of para-hydroxylation sites is 2. The van der Waals surface area contributed by atoms with E-state index in [-0.39, 0.29) is 11.8 Å². The highest BCUT2D eigenvalue weighted by Gasteiger charge is 2.32. The number of aryl methyl sites for hydroxylation is 1. The average Bonchev–Trinajstić information content (AvgIpc) is 3.40. The van der Waals surface area contributed by atoms with Crippen molar-refractivity contribution in [1.29, 1.82) is 0 Å². The molecule has 1 saturated heterocycles. The van der Waals surface area contributed by atoms with Gasteiger partial charge in [-0.05, 0) is 37.1 Å². The number of carbonyl (C=O) groups is 1. The number of pyridine rings is 1. The summed E-state index contributed by atoms with van der Waals surface area (Å²) in [4.78, 5) is 22.3. The molecule has 10 heteroatoms. The first-order chi connectivity index (χ1) is 15.4. The summed E-state index contributed by atoms with van der Waals surface area (Å²) in [5.74, 6) is 1.05. The molecule has 0 radical (unpaired) electrons. The molecule has 1 aliphatic rings. The predicted molar refractivity (Wildman–Crippen MR) is 111 cm³/mol. The number of halogens is 3. The van der Waals surface area contributed by atoms with Crippen LogP contribution >= 0.6 is 0 Å². The summed E-state index contributed by atoms with van der Waals surface area (Å²) in [6, 6.07) is 10.0. The maximum Gasteiger partial charge on any atom is 0.417 e. The highest BCUT2D eigenvalue weighted by atomic mass is 19.4. The summed E-state index contributed by atoms with van der Waals surface area (Å²) in [6.45, 7) is 1.04. The zero-order chi connectivity index (χ0) is 22.3. The van der Waals surface area contributed by atoms with Crippen LogP contribution in [0.15, 0.2) is 42.6 Å². The number of benzene rings is 1. The molecule has 4 heterocycles. The summed E-state index contributed by atoms with van der Waals surface area (Å²) in [5.41, 5.74) is 1.41. The number of carbonyl (C=O) groups excluding carboxylic acids is 1. The van der Waals surface area contributed by atoms with Crippen molar-refractivity contribution in [3.05, 3.63) is 59.8 Å². The summed E-state index contributed by atoms with van der Waals surface area (Å²) < 4.78 is 40.8. The Kier molecular flexibility index (Phi) is 5.07. The number of H-pyrrole nitrogens is 1. The van der Waals surface area contributed by atoms with Gasteiger partial charge in [0.25, 0.3) is 0 Å². The number of imidazole rings is 1. The van der Waals surface area contributed by atoms with E-state index >= 15 is 0 Å². The predicted octanol–water partition coefficient (Wildman–Crippen LogP) is 3.96. The Balaban J connectivity index is 1.29. The molecule has 1 amide bonds. The number of fused-ring (bicyclic) bond motifs is 2. The van der Waals surface area contributed by atoms with Gasteiger partial charge in [0.05, 0.1) is 16.6 Å². The van der Waals surface area contributed by atoms with E-state index in [0.29, 0.717) is 37.4 Å². The van der Waals surface area contributed by atoms with Crippen LogP contribution in [0, 0.1) is 0 Å². The lowest BCUT2D eigenvalue weighted by Crippen LogP contribution is -2.39. The number of nitrogens with one attached hydrogen (secondary N) is 1. The van der Waals surface area contributed by atoms with Crippen LogP contribution in [0.3, 0.4) is 0 Å². The van der Waals surface area contributed by atoms with Crippen LogP contribution in [0.1, 0.15) is 42.4 Å². The van der Waals surface area contributed by atoms with Gasteiger partial charge in [-0.2, -0.15) is 13.2 Å². The Bertz CT molecular complexity index is 1240. The number of likely N-dealkylation sites (tertiary alicyclic amines) is 1. The van der Waals surface area contributed by atoms with Gasteiger partial charge >= 0.3 is 6.18 Å². The summed E-state index contributed by atoms with van der Waals surface area (Å²) >= 11 is 0. The number of hydrogen-bond acceptors (Lipinski definition) is 4. The fourth-order valence-corrected chi connectivity index (χ4v) is 4.28. The van der Waals surface area contributed by atoms with Crippen LogP contribution in [-0.4, -0.2) is 48.5 Å². The van der Waals surface area contributed by atoms with Crippen molar-refractivity contribution in [2.75, 3.05) is 13.1 Å². The number of nitrogens with zero attached hydrogens (tertiary/aromatic N) is 5. The van der Waals surface area contributed by atoms with E-state index in [1.807, 2.05) is 24.3 Å². The third-order valence-corrected chi connectivity index (χ3v) is 5.91. The lowest BCUT2D eigenvalue weighted by Gasteiger charge is -2.32. The molecule has 5 rings (SSSR count). The second-order valence-corrected chi connectivity index (χ2v) is 8.08. The standard InChI is InChI=1S/C22H21F3N6O/c23-22(24,25)15-7-9-19-28-29-21(31(19)13-15)14-4-3-11-30(12-14)20(32)10-8-18-26-16-5-1-2-6-17(16)27-18/h1-2,5-7,9,13-14H,3-4,8,10-12H2,(H,26,27). The molecule has 1 aliphatic heterocycles. The molecule has 1 fully saturated rings. The van der Waals surface area contributed by atoms with E-state index in [9.17, 15) is 18.0 Å². The summed E-state index contributed by atoms with van der Waals surface area (Å²) in [7, 11) is 0. The third kappa shape index (κ3) is 3.92. The number of amides is 1. The first-order valence-electron chi connectivity index (χ1n) is 10.5. The second kappa shape index (κ2) is 7.92. The second-order valence-electron chi connectivity index (χ2n) is 8.08. The first-order valence-corrected chi connectivity index (χ1v) is 10.5. The normalized spacial score (nSPS) is 17.3. The molecular formula is C22H21F3N6O. The topological polar surface area (TPSA) is 79.2 Å². The first kappa shape index (κ1) is 20.5. The van der Waals surface area contributed by atoms with E-state index in [4.69, 9.17) is 0 Å². The highest BCUT2D eigenvalue weighted by molar-refractivity contribution is 5.77. The molecule has 0 bridgehead atoms. The average molecular weight is 442 g/mol. The molecule has 0 saturated carbocycles. The molecule has 7 nitrogen and oxygen atoms in total. The Labute approximate surface area is 181 Å². The smallest absolute Gasteiger partial charge is 0.342 e. The van der Waals surface area contributed by atoms with Crippen LogP contribution in [0.5, 0.6) is 0 Å². The molecular weight excluding hydrogens is 421 g/mol. The molecule has 1 unspecified atom stereocenters. The van der Waals surface area contributed by atoms with Crippen molar-refractivity contribution >= 4 is 22.6 Å². The number of piperidine rings is 1. The largest absolute Gasteiger partial charge is 0.417 e. The van der Waals surface area contributed by atoms with E-state index in [1.54, 1.807) is 4.90 Å². The summed E-state index contributed by atoms with van der Waals surface area (Å²) in [5, 5.41) is 8.16. The Morgan fingerprint density at radius 1 is 1.16 bits per heavy atom. The van der Waals surface area contributed by atoms with Gasteiger partial charge in [0, 0.05) is 38.0 Å². The van der Waals surface area contributed by atoms with Gasteiger partial charge < -0.3 is 9.88 Å². The van der Waals surface area contributed by atoms with E-state index < -0.39 is 11.7 Å². The molecule has 32 heavy (non-hydrogen) atoms. The Hall–Kier alpha value is -3.43. The number of hydrogen-bond donors (Lipinski definition) is 1. The minimum atomic E-state index is -4.44. The molecule has 0 spiro atoms. The van der Waals surface area contributed by atoms with Gasteiger partial charge in [-0.1, -0.05) is 12.1 Å². The quantitative estimate of drug-likeness (QED) is 0.519. The zero-order valence-electron chi connectivity index (χ0n) is 17.1. The molecule has 4 aromatic rings. The minimum absolute atomic E-state index is 0.0000393. The van der Waals surface area contributed by atoms with Crippen molar-refractivity contribution in [1.82, 2.24) is 29.5 Å². The maximum atomic E-state index is 13.1. The number of aromatic nitrogens is 5. The lowest BCUT2D eigenvalue weighted by molar-refractivity contribution is -0.137. The Morgan fingerprint density at radius 3 is 2.81 bits per heavy atom. The number of rotatable bonds is 4. The van der Waals surface area contributed by atoms with Gasteiger partial charge in [0.1, 0.15) is 11.6 Å². The number of alkyl halides is 3. The van der Waals surface area contributed by atoms with E-state index in [1.165, 1.54) is 10.5 Å². The Morgan fingerprint density at radius 2 is 2.00 bits per heavy atom. The molecule has 3 aromatic heterocycles. The van der Waals surface area contributed by atoms with Crippen molar-refractivity contribution < 1.29 is 18.0 Å². The SMILES string of the molecule is O=C(CCc1nc2ccccc2[nH]1)N1CCCC(c2nnc3ccc(C(F)(F)F)cn23)C1. The third-order valence-electron chi connectivity index (χ3n) is 5.91. The van der Waals surface area contributed by atoms with Gasteiger partial charge in [0.2, 0.25) is 5.91 Å². The van der Waals surface area contributed by atoms with Crippen molar-refractivity contribution in [2.24, 2.45) is 0 Å². The van der Waals surface area contributed by atoms with Crippen LogP contribution in [0.2, 0.25) is 0 Å². The van der Waals surface area contributed by atoms with Gasteiger partial charge in [-0.3, -0.25) is 9.20 Å². The van der Waals surface area contributed by atoms with Crippen molar-refractivity contribution in [3.63, 3.8) is 0 Å². The monoisotopic (exact) mass is 442 g/mol. The summed E-state index contributed by atoms with van der Waals surface area (Å²) in [6.07, 6.45) is -1.10. The lowest BCUT2D eigenvalue weighted by atomic mass is 9.96. The minimum Gasteiger partial charge on any atom is -0.342 e.